The summed E-state index contributed by atoms with van der Waals surface area (Å²) in [6.45, 7) is 0. The number of benzene rings is 9. The minimum Gasteiger partial charge on any atom is -0.309 e. The van der Waals surface area contributed by atoms with Crippen molar-refractivity contribution in [3.63, 3.8) is 0 Å². The summed E-state index contributed by atoms with van der Waals surface area (Å²) < 4.78 is 4.83. The summed E-state index contributed by atoms with van der Waals surface area (Å²) in [5, 5.41) is 4.95. The van der Waals surface area contributed by atoms with Crippen molar-refractivity contribution in [2.75, 3.05) is 0 Å². The third kappa shape index (κ3) is 6.10. The summed E-state index contributed by atoms with van der Waals surface area (Å²) in [5.74, 6) is 0. The van der Waals surface area contributed by atoms with Crippen molar-refractivity contribution in [2.24, 2.45) is 0 Å². The van der Waals surface area contributed by atoms with Gasteiger partial charge in [0.15, 0.2) is 0 Å². The molecule has 290 valence electrons. The monoisotopic (exact) mass is 789 g/mol. The molecule has 12 aromatic rings. The van der Waals surface area contributed by atoms with Gasteiger partial charge in [-0.05, 0) is 94.0 Å². The van der Waals surface area contributed by atoms with E-state index in [9.17, 15) is 0 Å². The Labute approximate surface area is 360 Å². The third-order valence-electron chi connectivity index (χ3n) is 12.3. The molecular weight excluding hydrogens is 751 g/mol. The van der Waals surface area contributed by atoms with Crippen molar-refractivity contribution in [3.05, 3.63) is 237 Å². The Bertz CT molecular complexity index is 3460. The highest BCUT2D eigenvalue weighted by molar-refractivity contribution is 6.19. The van der Waals surface area contributed by atoms with E-state index in [1.165, 1.54) is 65.9 Å². The topological polar surface area (TPSA) is 22.8 Å². The van der Waals surface area contributed by atoms with Crippen LogP contribution in [0.5, 0.6) is 0 Å². The number of hydrogen-bond donors (Lipinski definition) is 0. The normalized spacial score (nSPS) is 11.5. The van der Waals surface area contributed by atoms with E-state index in [4.69, 9.17) is 4.98 Å². The Morgan fingerprint density at radius 1 is 0.226 bits per heavy atom. The number of hydrogen-bond acceptors (Lipinski definition) is 1. The van der Waals surface area contributed by atoms with E-state index in [2.05, 4.69) is 246 Å². The first-order chi connectivity index (χ1) is 30.7. The van der Waals surface area contributed by atoms with Crippen LogP contribution in [-0.4, -0.2) is 14.1 Å². The molecule has 12 rings (SSSR count). The van der Waals surface area contributed by atoms with Crippen molar-refractivity contribution in [2.45, 2.75) is 0 Å². The lowest BCUT2D eigenvalue weighted by Gasteiger charge is -2.13. The average molecular weight is 790 g/mol. The lowest BCUT2D eigenvalue weighted by Crippen LogP contribution is -1.95. The molecule has 0 spiro atoms. The Balaban J connectivity index is 0.983. The van der Waals surface area contributed by atoms with Crippen LogP contribution in [0.4, 0.5) is 0 Å². The highest BCUT2D eigenvalue weighted by atomic mass is 15.0. The molecule has 0 aliphatic carbocycles. The highest BCUT2D eigenvalue weighted by Gasteiger charge is 2.19. The fraction of sp³-hybridized carbons (Fsp3) is 0. The molecule has 0 radical (unpaired) electrons. The van der Waals surface area contributed by atoms with Gasteiger partial charge in [-0.2, -0.15) is 0 Å². The van der Waals surface area contributed by atoms with Crippen LogP contribution in [-0.2, 0) is 0 Å². The molecule has 62 heavy (non-hydrogen) atoms. The minimum atomic E-state index is 0.939. The zero-order chi connectivity index (χ0) is 41.0. The van der Waals surface area contributed by atoms with Crippen LogP contribution in [0.2, 0.25) is 0 Å². The molecule has 0 atom stereocenters. The van der Waals surface area contributed by atoms with E-state index in [-0.39, 0.29) is 0 Å². The van der Waals surface area contributed by atoms with Gasteiger partial charge in [0.2, 0.25) is 0 Å². The van der Waals surface area contributed by atoms with Gasteiger partial charge in [-0.25, -0.2) is 4.98 Å². The van der Waals surface area contributed by atoms with E-state index in [0.717, 1.165) is 45.0 Å². The number of fused-ring (bicyclic) bond motifs is 6. The lowest BCUT2D eigenvalue weighted by molar-refractivity contribution is 1.17. The molecule has 0 unspecified atom stereocenters. The Kier molecular flexibility index (Phi) is 8.50. The second kappa shape index (κ2) is 14.8. The lowest BCUT2D eigenvalue weighted by atomic mass is 9.97. The van der Waals surface area contributed by atoms with Crippen LogP contribution < -0.4 is 0 Å². The van der Waals surface area contributed by atoms with E-state index in [1.54, 1.807) is 0 Å². The SMILES string of the molecule is c1ccc(-c2ccc(-c3cc(-c4ccc(-n5c6ccccc6c6cc7c(cc65)c5ccccc5n7-c5ccccc5)cc4)cc(-c4ccc(-c5ccccc5)cc4)n3)cc2)cc1. The summed E-state index contributed by atoms with van der Waals surface area (Å²) in [6.07, 6.45) is 0. The first-order valence-corrected chi connectivity index (χ1v) is 21.2. The molecule has 9 aromatic carbocycles. The number of rotatable bonds is 7. The van der Waals surface area contributed by atoms with Crippen molar-refractivity contribution in [3.8, 4) is 67.3 Å². The first kappa shape index (κ1) is 35.7. The molecule has 0 saturated carbocycles. The maximum absolute atomic E-state index is 5.29. The molecule has 0 N–H and O–H groups in total. The standard InChI is InChI=1S/C59H39N3/c1-4-14-40(15-5-1)42-24-28-45(29-25-42)54-36-47(37-55(60-54)46-30-26-43(27-31-46)41-16-6-2-7-17-41)44-32-34-49(35-33-44)62-57-23-13-11-21-51(57)53-38-58-52(39-59(53)62)50-20-10-12-22-56(50)61(58)48-18-8-3-9-19-48/h1-39H. The number of nitrogens with zero attached hydrogens (tertiary/aromatic N) is 3. The second-order valence-electron chi connectivity index (χ2n) is 16.0. The number of pyridine rings is 1. The predicted octanol–water partition coefficient (Wildman–Crippen LogP) is 15.6. The van der Waals surface area contributed by atoms with Crippen LogP contribution in [0.15, 0.2) is 237 Å². The van der Waals surface area contributed by atoms with Gasteiger partial charge in [-0.3, -0.25) is 0 Å². The molecule has 0 amide bonds. The zero-order valence-corrected chi connectivity index (χ0v) is 33.9. The summed E-state index contributed by atoms with van der Waals surface area (Å²) >= 11 is 0. The zero-order valence-electron chi connectivity index (χ0n) is 33.9. The van der Waals surface area contributed by atoms with Gasteiger partial charge in [-0.15, -0.1) is 0 Å². The maximum Gasteiger partial charge on any atom is 0.0715 e. The molecule has 0 saturated heterocycles. The predicted molar refractivity (Wildman–Crippen MR) is 260 cm³/mol. The second-order valence-corrected chi connectivity index (χ2v) is 16.0. The van der Waals surface area contributed by atoms with Crippen molar-refractivity contribution >= 4 is 43.6 Å². The van der Waals surface area contributed by atoms with E-state index in [1.807, 2.05) is 0 Å². The van der Waals surface area contributed by atoms with Crippen LogP contribution in [0, 0.1) is 0 Å². The van der Waals surface area contributed by atoms with E-state index in [0.29, 0.717) is 0 Å². The van der Waals surface area contributed by atoms with Crippen molar-refractivity contribution in [1.82, 2.24) is 14.1 Å². The van der Waals surface area contributed by atoms with Gasteiger partial charge in [-0.1, -0.05) is 176 Å². The van der Waals surface area contributed by atoms with Gasteiger partial charge in [0.05, 0.1) is 33.5 Å². The van der Waals surface area contributed by atoms with Gasteiger partial charge >= 0.3 is 0 Å². The Hall–Kier alpha value is -8.27. The third-order valence-corrected chi connectivity index (χ3v) is 12.3. The van der Waals surface area contributed by atoms with E-state index < -0.39 is 0 Å². The van der Waals surface area contributed by atoms with Gasteiger partial charge in [0.1, 0.15) is 0 Å². The molecule has 0 bridgehead atoms. The van der Waals surface area contributed by atoms with Crippen molar-refractivity contribution in [1.29, 1.82) is 0 Å². The molecule has 3 nitrogen and oxygen atoms in total. The van der Waals surface area contributed by atoms with Gasteiger partial charge in [0.25, 0.3) is 0 Å². The van der Waals surface area contributed by atoms with Crippen LogP contribution in [0.3, 0.4) is 0 Å². The average Bonchev–Trinajstić information content (AvgIpc) is 3.86. The van der Waals surface area contributed by atoms with Gasteiger partial charge in [0, 0.05) is 44.0 Å². The quantitative estimate of drug-likeness (QED) is 0.158. The summed E-state index contributed by atoms with van der Waals surface area (Å²) in [5.41, 5.74) is 18.1. The largest absolute Gasteiger partial charge is 0.309 e. The Morgan fingerprint density at radius 3 is 1.03 bits per heavy atom. The molecular formula is C59H39N3. The van der Waals surface area contributed by atoms with Crippen LogP contribution in [0.25, 0.3) is 111 Å². The molecule has 0 fully saturated rings. The summed E-state index contributed by atoms with van der Waals surface area (Å²) in [6, 6.07) is 85.1. The Morgan fingerprint density at radius 2 is 0.565 bits per heavy atom. The molecule has 3 heteroatoms. The summed E-state index contributed by atoms with van der Waals surface area (Å²) in [4.78, 5) is 5.29. The minimum absolute atomic E-state index is 0.939. The number of para-hydroxylation sites is 3. The molecule has 3 aromatic heterocycles. The van der Waals surface area contributed by atoms with Crippen LogP contribution >= 0.6 is 0 Å². The first-order valence-electron chi connectivity index (χ1n) is 21.2. The molecule has 0 aliphatic rings. The maximum atomic E-state index is 5.29. The highest BCUT2D eigenvalue weighted by Crippen LogP contribution is 2.40. The van der Waals surface area contributed by atoms with Crippen molar-refractivity contribution < 1.29 is 0 Å². The van der Waals surface area contributed by atoms with Gasteiger partial charge < -0.3 is 9.13 Å². The molecule has 3 heterocycles. The van der Waals surface area contributed by atoms with E-state index >= 15 is 0 Å². The smallest absolute Gasteiger partial charge is 0.0715 e. The fourth-order valence-corrected chi connectivity index (χ4v) is 9.29. The summed E-state index contributed by atoms with van der Waals surface area (Å²) in [7, 11) is 0. The number of aromatic nitrogens is 3. The van der Waals surface area contributed by atoms with Crippen LogP contribution in [0.1, 0.15) is 0 Å². The fourth-order valence-electron chi connectivity index (χ4n) is 9.29. The molecule has 0 aliphatic heterocycles.